The van der Waals surface area contributed by atoms with Crippen molar-refractivity contribution in [3.05, 3.63) is 82.3 Å². The molecule has 180 valence electrons. The Kier molecular flexibility index (Phi) is 6.60. The maximum Gasteiger partial charge on any atom is 0.283 e. The van der Waals surface area contributed by atoms with E-state index >= 15 is 0 Å². The lowest BCUT2D eigenvalue weighted by Crippen LogP contribution is -2.32. The van der Waals surface area contributed by atoms with E-state index in [1.165, 1.54) is 24.3 Å². The van der Waals surface area contributed by atoms with Gasteiger partial charge in [0.25, 0.3) is 21.8 Å². The molecule has 0 bridgehead atoms. The zero-order valence-electron chi connectivity index (χ0n) is 19.2. The second kappa shape index (κ2) is 9.47. The molecule has 1 aliphatic rings. The van der Waals surface area contributed by atoms with E-state index in [1.807, 2.05) is 19.1 Å². The third-order valence-electron chi connectivity index (χ3n) is 5.27. The molecule has 0 spiro atoms. The van der Waals surface area contributed by atoms with Gasteiger partial charge in [0.2, 0.25) is 5.95 Å². The molecule has 0 unspecified atom stereocenters. The number of halogens is 1. The van der Waals surface area contributed by atoms with Crippen LogP contribution in [0.1, 0.15) is 23.9 Å². The van der Waals surface area contributed by atoms with Gasteiger partial charge in [-0.25, -0.2) is 28.0 Å². The summed E-state index contributed by atoms with van der Waals surface area (Å²) in [6.07, 6.45) is 0.826. The van der Waals surface area contributed by atoms with Gasteiger partial charge >= 0.3 is 0 Å². The molecule has 0 saturated heterocycles. The van der Waals surface area contributed by atoms with E-state index in [0.717, 1.165) is 16.9 Å². The minimum Gasteiger partial charge on any atom is -0.350 e. The molecule has 0 aliphatic carbocycles. The van der Waals surface area contributed by atoms with Crippen molar-refractivity contribution in [3.63, 3.8) is 0 Å². The first-order valence-corrected chi connectivity index (χ1v) is 12.5. The van der Waals surface area contributed by atoms with E-state index in [1.54, 1.807) is 32.0 Å². The fourth-order valence-electron chi connectivity index (χ4n) is 3.54. The van der Waals surface area contributed by atoms with Crippen molar-refractivity contribution in [2.24, 2.45) is 0 Å². The zero-order chi connectivity index (χ0) is 25.3. The van der Waals surface area contributed by atoms with Crippen LogP contribution in [-0.4, -0.2) is 30.2 Å². The van der Waals surface area contributed by atoms with Gasteiger partial charge < -0.3 is 5.32 Å². The molecular formula is C24H22ClN5O4S. The number of aryl methyl sites for hydroxylation is 3. The van der Waals surface area contributed by atoms with Gasteiger partial charge in [0.15, 0.2) is 0 Å². The molecule has 3 aromatic rings. The minimum absolute atomic E-state index is 0.0243. The SMILES string of the molecule is CCc1ccc(N2C(=O)C(Cl)=C(Nc3ccc(S(=O)(=O)Nc4nc(C)cc(C)n4)cc3)C2=O)cc1. The number of amides is 2. The fourth-order valence-corrected chi connectivity index (χ4v) is 4.70. The molecular weight excluding hydrogens is 490 g/mol. The van der Waals surface area contributed by atoms with Gasteiger partial charge in [-0.3, -0.25) is 9.59 Å². The highest BCUT2D eigenvalue weighted by Gasteiger charge is 2.39. The minimum atomic E-state index is -3.94. The number of sulfonamides is 1. The fraction of sp³-hybridized carbons (Fsp3) is 0.167. The van der Waals surface area contributed by atoms with E-state index in [0.29, 0.717) is 22.8 Å². The van der Waals surface area contributed by atoms with Crippen LogP contribution in [0.2, 0.25) is 0 Å². The number of aromatic nitrogens is 2. The predicted molar refractivity (Wildman–Crippen MR) is 134 cm³/mol. The van der Waals surface area contributed by atoms with Crippen molar-refractivity contribution in [2.75, 3.05) is 14.9 Å². The second-order valence-electron chi connectivity index (χ2n) is 7.88. The summed E-state index contributed by atoms with van der Waals surface area (Å²) in [4.78, 5) is 34.7. The van der Waals surface area contributed by atoms with Crippen LogP contribution in [0.15, 0.2) is 70.2 Å². The van der Waals surface area contributed by atoms with Crippen LogP contribution in [0.25, 0.3) is 0 Å². The molecule has 1 aromatic heterocycles. The number of nitrogens with zero attached hydrogens (tertiary/aromatic N) is 3. The maximum atomic E-state index is 13.0. The van der Waals surface area contributed by atoms with Crippen molar-refractivity contribution < 1.29 is 18.0 Å². The standard InChI is InChI=1S/C24H22ClN5O4S/c1-4-16-5-9-18(10-6-16)30-22(31)20(25)21(23(30)32)28-17-7-11-19(12-8-17)35(33,34)29-24-26-14(2)13-15(3)27-24/h5-13,28H,4H2,1-3H3,(H,26,27,29). The number of imide groups is 1. The van der Waals surface area contributed by atoms with E-state index in [4.69, 9.17) is 11.6 Å². The summed E-state index contributed by atoms with van der Waals surface area (Å²) in [5, 5.41) is 2.58. The Balaban J connectivity index is 1.51. The molecule has 2 aromatic carbocycles. The van der Waals surface area contributed by atoms with Crippen molar-refractivity contribution in [2.45, 2.75) is 32.1 Å². The Morgan fingerprint density at radius 3 is 2.09 bits per heavy atom. The number of carbonyl (C=O) groups excluding carboxylic acids is 2. The zero-order valence-corrected chi connectivity index (χ0v) is 20.7. The molecule has 2 amide bonds. The van der Waals surface area contributed by atoms with E-state index in [9.17, 15) is 18.0 Å². The molecule has 11 heteroatoms. The van der Waals surface area contributed by atoms with E-state index in [-0.39, 0.29) is 21.6 Å². The van der Waals surface area contributed by atoms with Crippen molar-refractivity contribution in [3.8, 4) is 0 Å². The third kappa shape index (κ3) is 5.03. The van der Waals surface area contributed by atoms with Crippen LogP contribution in [0.5, 0.6) is 0 Å². The lowest BCUT2D eigenvalue weighted by molar-refractivity contribution is -0.120. The third-order valence-corrected chi connectivity index (χ3v) is 6.97. The summed E-state index contributed by atoms with van der Waals surface area (Å²) in [6.45, 7) is 5.48. The molecule has 4 rings (SSSR count). The van der Waals surface area contributed by atoms with Crippen LogP contribution in [0.3, 0.4) is 0 Å². The summed E-state index contributed by atoms with van der Waals surface area (Å²) < 4.78 is 27.8. The molecule has 2 heterocycles. The topological polar surface area (TPSA) is 121 Å². The van der Waals surface area contributed by atoms with Gasteiger partial charge in [-0.1, -0.05) is 30.7 Å². The Morgan fingerprint density at radius 2 is 1.51 bits per heavy atom. The molecule has 0 atom stereocenters. The number of anilines is 3. The molecule has 35 heavy (non-hydrogen) atoms. The Hall–Kier alpha value is -3.76. The lowest BCUT2D eigenvalue weighted by Gasteiger charge is -2.15. The molecule has 0 radical (unpaired) electrons. The average Bonchev–Trinajstić information content (AvgIpc) is 3.01. The van der Waals surface area contributed by atoms with E-state index in [2.05, 4.69) is 20.0 Å². The highest BCUT2D eigenvalue weighted by Crippen LogP contribution is 2.30. The highest BCUT2D eigenvalue weighted by molar-refractivity contribution is 7.92. The number of carbonyl (C=O) groups is 2. The number of benzene rings is 2. The van der Waals surface area contributed by atoms with Gasteiger partial charge in [-0.05, 0) is 68.3 Å². The number of hydrogen-bond acceptors (Lipinski definition) is 7. The number of rotatable bonds is 7. The van der Waals surface area contributed by atoms with Gasteiger partial charge in [-0.15, -0.1) is 0 Å². The monoisotopic (exact) mass is 511 g/mol. The molecule has 0 fully saturated rings. The van der Waals surface area contributed by atoms with Crippen LogP contribution < -0.4 is 14.9 Å². The molecule has 2 N–H and O–H groups in total. The van der Waals surface area contributed by atoms with Crippen LogP contribution in [-0.2, 0) is 26.0 Å². The van der Waals surface area contributed by atoms with Crippen molar-refractivity contribution >= 4 is 50.8 Å². The van der Waals surface area contributed by atoms with Crippen LogP contribution in [0, 0.1) is 13.8 Å². The quantitative estimate of drug-likeness (QED) is 0.461. The Labute approximate surface area is 207 Å². The predicted octanol–water partition coefficient (Wildman–Crippen LogP) is 3.89. The highest BCUT2D eigenvalue weighted by atomic mass is 35.5. The smallest absolute Gasteiger partial charge is 0.283 e. The second-order valence-corrected chi connectivity index (χ2v) is 9.94. The van der Waals surface area contributed by atoms with Gasteiger partial charge in [0.05, 0.1) is 10.6 Å². The molecule has 9 nitrogen and oxygen atoms in total. The van der Waals surface area contributed by atoms with Gasteiger partial charge in [0.1, 0.15) is 10.7 Å². The average molecular weight is 512 g/mol. The molecule has 1 aliphatic heterocycles. The first-order chi connectivity index (χ1) is 16.6. The maximum absolute atomic E-state index is 13.0. The number of hydrogen-bond donors (Lipinski definition) is 2. The van der Waals surface area contributed by atoms with Crippen LogP contribution in [0.4, 0.5) is 17.3 Å². The first kappa shape index (κ1) is 24.4. The van der Waals surface area contributed by atoms with Gasteiger partial charge in [-0.2, -0.15) is 0 Å². The Morgan fingerprint density at radius 1 is 0.914 bits per heavy atom. The van der Waals surface area contributed by atoms with Crippen molar-refractivity contribution in [1.29, 1.82) is 0 Å². The Bertz CT molecular complexity index is 1430. The normalized spacial score (nSPS) is 14.0. The molecule has 0 saturated carbocycles. The summed E-state index contributed by atoms with van der Waals surface area (Å²) >= 11 is 6.18. The largest absolute Gasteiger partial charge is 0.350 e. The summed E-state index contributed by atoms with van der Waals surface area (Å²) in [5.41, 5.74) is 3.03. The number of nitrogens with one attached hydrogen (secondary N) is 2. The summed E-state index contributed by atoms with van der Waals surface area (Å²) in [7, 11) is -3.94. The van der Waals surface area contributed by atoms with E-state index < -0.39 is 21.8 Å². The summed E-state index contributed by atoms with van der Waals surface area (Å²) in [6, 6.07) is 14.4. The first-order valence-electron chi connectivity index (χ1n) is 10.7. The van der Waals surface area contributed by atoms with Crippen molar-refractivity contribution in [1.82, 2.24) is 9.97 Å². The van der Waals surface area contributed by atoms with Crippen LogP contribution >= 0.6 is 11.6 Å². The van der Waals surface area contributed by atoms with Gasteiger partial charge in [0, 0.05) is 17.1 Å². The lowest BCUT2D eigenvalue weighted by atomic mass is 10.1. The summed E-state index contributed by atoms with van der Waals surface area (Å²) in [5.74, 6) is -1.27.